The van der Waals surface area contributed by atoms with Crippen molar-refractivity contribution in [1.29, 1.82) is 0 Å². The van der Waals surface area contributed by atoms with Gasteiger partial charge in [0.1, 0.15) is 24.8 Å². The lowest BCUT2D eigenvalue weighted by Crippen LogP contribution is -2.56. The van der Waals surface area contributed by atoms with Crippen molar-refractivity contribution in [2.75, 3.05) is 56.2 Å². The van der Waals surface area contributed by atoms with E-state index < -0.39 is 46.7 Å². The normalized spacial score (nSPS) is 26.8. The molecule has 8 aliphatic rings. The maximum atomic E-state index is 14.8. The van der Waals surface area contributed by atoms with E-state index in [1.54, 1.807) is 12.1 Å². The molecule has 13 heteroatoms. The minimum atomic E-state index is -1.08. The number of aromatic hydroxyl groups is 1. The van der Waals surface area contributed by atoms with Crippen LogP contribution in [0.15, 0.2) is 146 Å². The number of phenolic OH excluding ortho intramolecular Hbond substituents is 1. The summed E-state index contributed by atoms with van der Waals surface area (Å²) < 4.78 is 24.1. The van der Waals surface area contributed by atoms with E-state index in [-0.39, 0.29) is 87.6 Å². The molecule has 2 fully saturated rings. The number of ether oxygens (including phenoxy) is 4. The second-order valence-corrected chi connectivity index (χ2v) is 20.0. The molecule has 2 saturated heterocycles. The van der Waals surface area contributed by atoms with Crippen molar-refractivity contribution < 1.29 is 53.4 Å². The largest absolute Gasteiger partial charge is 0.508 e. The number of benzene rings is 6. The van der Waals surface area contributed by atoms with Crippen LogP contribution in [0.3, 0.4) is 0 Å². The number of hydrogen-bond donors (Lipinski definition) is 3. The summed E-state index contributed by atoms with van der Waals surface area (Å²) in [5.41, 5.74) is 7.68. The molecule has 0 spiro atoms. The predicted octanol–water partition coefficient (Wildman–Crippen LogP) is 6.50. The van der Waals surface area contributed by atoms with E-state index in [9.17, 15) is 34.5 Å². The first-order valence-electron chi connectivity index (χ1n) is 24.8. The number of anilines is 2. The maximum Gasteiger partial charge on any atom is 0.239 e. The number of hydrogen-bond acceptors (Lipinski definition) is 11. The van der Waals surface area contributed by atoms with Crippen molar-refractivity contribution in [2.24, 2.45) is 23.7 Å². The molecule has 366 valence electrons. The SMILES string of the molecule is CCc1ccc(N2C(=O)C3C4c5ccccc5C(COCC(O)COCOCC(O)COCC56c7ccccc7C(c7ccccc75)C5C(=O)N(c7ccc(O)cc7)C(=O)C56)(c5ccccc54)C3C2=O)cc1. The van der Waals surface area contributed by atoms with Gasteiger partial charge in [0.05, 0.1) is 85.5 Å². The van der Waals surface area contributed by atoms with Gasteiger partial charge in [-0.25, -0.2) is 9.80 Å². The van der Waals surface area contributed by atoms with Crippen LogP contribution in [-0.2, 0) is 55.4 Å². The molecule has 6 aromatic rings. The average molecular weight is 967 g/mol. The summed E-state index contributed by atoms with van der Waals surface area (Å²) in [5, 5.41) is 32.2. The van der Waals surface area contributed by atoms with Gasteiger partial charge in [-0.3, -0.25) is 19.2 Å². The Balaban J connectivity index is 0.689. The number of carbonyl (C=O) groups excluding carboxylic acids is 4. The predicted molar refractivity (Wildman–Crippen MR) is 264 cm³/mol. The average Bonchev–Trinajstić information content (AvgIpc) is 3.84. The first-order valence-corrected chi connectivity index (χ1v) is 24.8. The Labute approximate surface area is 416 Å². The molecule has 4 bridgehead atoms. The number of aliphatic hydroxyl groups is 2. The quantitative estimate of drug-likeness (QED) is 0.0518. The van der Waals surface area contributed by atoms with E-state index in [0.717, 1.165) is 56.5 Å². The number of phenols is 1. The van der Waals surface area contributed by atoms with E-state index in [4.69, 9.17) is 18.9 Å². The molecule has 0 radical (unpaired) electrons. The van der Waals surface area contributed by atoms with Crippen molar-refractivity contribution >= 4 is 35.0 Å². The smallest absolute Gasteiger partial charge is 0.239 e. The van der Waals surface area contributed by atoms with Crippen LogP contribution in [0.25, 0.3) is 0 Å². The van der Waals surface area contributed by atoms with Crippen molar-refractivity contribution in [3.63, 3.8) is 0 Å². The second kappa shape index (κ2) is 18.0. The summed E-state index contributed by atoms with van der Waals surface area (Å²) in [4.78, 5) is 61.0. The Hall–Kier alpha value is -6.84. The van der Waals surface area contributed by atoms with E-state index in [0.29, 0.717) is 11.4 Å². The zero-order chi connectivity index (χ0) is 49.5. The Kier molecular flexibility index (Phi) is 11.6. The molecular formula is C59H54N2O11. The molecule has 13 nitrogen and oxygen atoms in total. The summed E-state index contributed by atoms with van der Waals surface area (Å²) in [6.45, 7) is 1.32. The lowest BCUT2D eigenvalue weighted by molar-refractivity contribution is -0.128. The zero-order valence-electron chi connectivity index (χ0n) is 39.6. The summed E-state index contributed by atoms with van der Waals surface area (Å²) in [5.74, 6) is -4.55. The molecule has 2 heterocycles. The number of imide groups is 2. The molecule has 72 heavy (non-hydrogen) atoms. The van der Waals surface area contributed by atoms with Crippen molar-refractivity contribution in [2.45, 2.75) is 48.2 Å². The Morgan fingerprint density at radius 1 is 0.472 bits per heavy atom. The third-order valence-electron chi connectivity index (χ3n) is 16.4. The lowest BCUT2D eigenvalue weighted by atomic mass is 9.47. The molecule has 3 N–H and O–H groups in total. The number of rotatable bonds is 17. The van der Waals surface area contributed by atoms with E-state index in [1.807, 2.05) is 121 Å². The van der Waals surface area contributed by atoms with Gasteiger partial charge in [-0.2, -0.15) is 0 Å². The lowest BCUT2D eigenvalue weighted by Gasteiger charge is -2.54. The van der Waals surface area contributed by atoms with E-state index in [2.05, 4.69) is 6.92 Å². The van der Waals surface area contributed by atoms with Crippen LogP contribution in [0.5, 0.6) is 5.75 Å². The summed E-state index contributed by atoms with van der Waals surface area (Å²) in [7, 11) is 0. The Bertz CT molecular complexity index is 3020. The van der Waals surface area contributed by atoms with Crippen LogP contribution in [0.2, 0.25) is 0 Å². The maximum absolute atomic E-state index is 14.8. The van der Waals surface area contributed by atoms with Gasteiger partial charge in [0.15, 0.2) is 0 Å². The molecule has 14 rings (SSSR count). The molecule has 0 saturated carbocycles. The van der Waals surface area contributed by atoms with Crippen LogP contribution in [0, 0.1) is 23.7 Å². The minimum absolute atomic E-state index is 0.00705. The molecule has 2 aliphatic heterocycles. The summed E-state index contributed by atoms with van der Waals surface area (Å²) in [6, 6.07) is 45.4. The fourth-order valence-electron chi connectivity index (χ4n) is 13.6. The van der Waals surface area contributed by atoms with E-state index >= 15 is 0 Å². The van der Waals surface area contributed by atoms with Gasteiger partial charge in [-0.1, -0.05) is 116 Å². The first-order chi connectivity index (χ1) is 35.1. The summed E-state index contributed by atoms with van der Waals surface area (Å²) >= 11 is 0. The fourth-order valence-corrected chi connectivity index (χ4v) is 13.6. The highest BCUT2D eigenvalue weighted by Crippen LogP contribution is 2.66. The van der Waals surface area contributed by atoms with Crippen molar-refractivity contribution in [3.05, 3.63) is 196 Å². The van der Waals surface area contributed by atoms with Crippen molar-refractivity contribution in [1.82, 2.24) is 0 Å². The van der Waals surface area contributed by atoms with E-state index in [1.165, 1.54) is 21.9 Å². The van der Waals surface area contributed by atoms with Gasteiger partial charge >= 0.3 is 0 Å². The highest BCUT2D eigenvalue weighted by atomic mass is 16.7. The Morgan fingerprint density at radius 2 is 0.819 bits per heavy atom. The highest BCUT2D eigenvalue weighted by Gasteiger charge is 2.70. The monoisotopic (exact) mass is 966 g/mol. The second-order valence-electron chi connectivity index (χ2n) is 20.0. The van der Waals surface area contributed by atoms with Crippen LogP contribution in [-0.4, -0.2) is 97.6 Å². The van der Waals surface area contributed by atoms with Gasteiger partial charge in [-0.05, 0) is 92.9 Å². The number of aryl methyl sites for hydroxylation is 1. The van der Waals surface area contributed by atoms with Gasteiger partial charge < -0.3 is 34.3 Å². The summed E-state index contributed by atoms with van der Waals surface area (Å²) in [6.07, 6.45) is -1.31. The molecule has 0 aromatic heterocycles. The molecular weight excluding hydrogens is 913 g/mol. The highest BCUT2D eigenvalue weighted by molar-refractivity contribution is 6.24. The molecule has 6 atom stereocenters. The van der Waals surface area contributed by atoms with Crippen LogP contribution in [0.4, 0.5) is 11.4 Å². The topological polar surface area (TPSA) is 172 Å². The van der Waals surface area contributed by atoms with Gasteiger partial charge in [0.2, 0.25) is 23.6 Å². The molecule has 6 unspecified atom stereocenters. The van der Waals surface area contributed by atoms with Crippen LogP contribution in [0.1, 0.15) is 68.8 Å². The van der Waals surface area contributed by atoms with Gasteiger partial charge in [0.25, 0.3) is 0 Å². The first kappa shape index (κ1) is 46.2. The van der Waals surface area contributed by atoms with Gasteiger partial charge in [-0.15, -0.1) is 0 Å². The molecule has 6 aromatic carbocycles. The van der Waals surface area contributed by atoms with Crippen LogP contribution >= 0.6 is 0 Å². The number of carbonyl (C=O) groups is 4. The van der Waals surface area contributed by atoms with Crippen molar-refractivity contribution in [3.8, 4) is 5.75 Å². The molecule has 4 amide bonds. The standard InChI is InChI=1S/C59H54N2O11/c1-2-34-19-21-35(22-20-34)60-54(65)50-48-40-11-3-7-15-44(40)58(52(50)56(60)67,45-16-8-4-12-41(45)48)31-69-27-38(63)29-71-33-72-30-39(64)28-70-32-59-46-17-9-5-13-42(46)49(43-14-6-10-18-47(43)59)51-53(59)57(68)61(55(51)66)36-23-25-37(62)26-24-36/h3-26,38-39,48-53,62-64H,2,27-33H2,1H3. The van der Waals surface area contributed by atoms with Crippen LogP contribution < -0.4 is 9.80 Å². The third kappa shape index (κ3) is 6.82. The number of aliphatic hydroxyl groups excluding tert-OH is 2. The van der Waals surface area contributed by atoms with Gasteiger partial charge in [0, 0.05) is 11.8 Å². The number of amides is 4. The minimum Gasteiger partial charge on any atom is -0.508 e. The third-order valence-corrected chi connectivity index (χ3v) is 16.4. The molecule has 6 aliphatic carbocycles. The number of nitrogens with zero attached hydrogens (tertiary/aromatic N) is 2. The fraction of sp³-hybridized carbons (Fsp3) is 0.322. The Morgan fingerprint density at radius 3 is 1.19 bits per heavy atom. The zero-order valence-corrected chi connectivity index (χ0v) is 39.6.